The van der Waals surface area contributed by atoms with Crippen molar-refractivity contribution < 1.29 is 30.9 Å². The molecule has 0 amide bonds. The second kappa shape index (κ2) is 24.3. The minimum Gasteiger partial charge on any atom is -0.464 e. The molecule has 392 valence electrons. The average molecular weight is 1020 g/mol. The van der Waals surface area contributed by atoms with Gasteiger partial charge in [0.2, 0.25) is 0 Å². The molecule has 0 saturated carbocycles. The van der Waals surface area contributed by atoms with Crippen LogP contribution in [0.3, 0.4) is 0 Å². The summed E-state index contributed by atoms with van der Waals surface area (Å²) in [4.78, 5) is 0. The fourth-order valence-corrected chi connectivity index (χ4v) is 9.22. The molecule has 7 heterocycles. The third-order valence-electron chi connectivity index (χ3n) is 13.7. The van der Waals surface area contributed by atoms with Gasteiger partial charge >= 0.3 is 0 Å². The van der Waals surface area contributed by atoms with E-state index >= 15 is 0 Å². The van der Waals surface area contributed by atoms with Crippen molar-refractivity contribution in [3.05, 3.63) is 249 Å². The van der Waals surface area contributed by atoms with Crippen LogP contribution >= 0.6 is 0 Å². The van der Waals surface area contributed by atoms with Crippen molar-refractivity contribution in [1.29, 1.82) is 0 Å². The highest BCUT2D eigenvalue weighted by atomic mass is 16.4. The van der Waals surface area contributed by atoms with Crippen LogP contribution in [0.5, 0.6) is 0 Å². The number of fused-ring (bicyclic) bond motifs is 7. The first kappa shape index (κ1) is 54.6. The van der Waals surface area contributed by atoms with Gasteiger partial charge in [0.25, 0.3) is 0 Å². The number of hydrogen-bond donors (Lipinski definition) is 0. The van der Waals surface area contributed by atoms with Gasteiger partial charge in [0.15, 0.2) is 0 Å². The zero-order valence-corrected chi connectivity index (χ0v) is 47.0. The van der Waals surface area contributed by atoms with Crippen LogP contribution in [0, 0.1) is 96.9 Å². The summed E-state index contributed by atoms with van der Waals surface area (Å²) >= 11 is 0. The highest BCUT2D eigenvalue weighted by Crippen LogP contribution is 2.27. The molecule has 0 fully saturated rings. The number of hydrogen-bond acceptors (Lipinski definition) is 7. The molecule has 7 heteroatoms. The summed E-state index contributed by atoms with van der Waals surface area (Å²) in [6.45, 7) is 28.8. The SMILES string of the molecule is Cc1cc2c(C)cccc2o1.Cc1ccc2cc(C)oc2c1.Cc1ccc2oc(C)cc2c1.Cc1ccc2occ(C)c2c1.Cc1ccc2occc2c1C.Cc1cccc2occ(C)c12.Cc1oc2ccccc2c1C. The van der Waals surface area contributed by atoms with Crippen molar-refractivity contribution >= 4 is 76.8 Å². The van der Waals surface area contributed by atoms with E-state index in [1.165, 1.54) is 93.3 Å². The van der Waals surface area contributed by atoms with Crippen LogP contribution in [0.4, 0.5) is 0 Å². The molecule has 0 aliphatic heterocycles. The van der Waals surface area contributed by atoms with Gasteiger partial charge in [-0.2, -0.15) is 0 Å². The van der Waals surface area contributed by atoms with E-state index in [4.69, 9.17) is 30.9 Å². The van der Waals surface area contributed by atoms with Gasteiger partial charge in [-0.1, -0.05) is 83.9 Å². The minimum atomic E-state index is 0.977. The number of aryl methyl sites for hydroxylation is 14. The van der Waals surface area contributed by atoms with E-state index in [1.807, 2.05) is 94.4 Å². The Morgan fingerprint density at radius 3 is 1.55 bits per heavy atom. The molecule has 7 nitrogen and oxygen atoms in total. The first-order valence-electron chi connectivity index (χ1n) is 26.1. The maximum absolute atomic E-state index is 5.50. The topological polar surface area (TPSA) is 92.0 Å². The van der Waals surface area contributed by atoms with Crippen LogP contribution in [0.2, 0.25) is 0 Å². The first-order chi connectivity index (χ1) is 36.9. The Morgan fingerprint density at radius 1 is 0.273 bits per heavy atom. The van der Waals surface area contributed by atoms with E-state index in [0.29, 0.717) is 0 Å². The summed E-state index contributed by atoms with van der Waals surface area (Å²) < 4.78 is 37.7. The second-order valence-electron chi connectivity index (χ2n) is 20.0. The number of para-hydroxylation sites is 1. The van der Waals surface area contributed by atoms with Crippen molar-refractivity contribution in [2.75, 3.05) is 0 Å². The van der Waals surface area contributed by atoms with E-state index in [-0.39, 0.29) is 0 Å². The Hall–Kier alpha value is -8.68. The fourth-order valence-electron chi connectivity index (χ4n) is 9.22. The first-order valence-corrected chi connectivity index (χ1v) is 26.1. The molecule has 0 bridgehead atoms. The summed E-state index contributed by atoms with van der Waals surface area (Å²) in [7, 11) is 0. The van der Waals surface area contributed by atoms with Crippen molar-refractivity contribution in [3.63, 3.8) is 0 Å². The molecule has 0 radical (unpaired) electrons. The van der Waals surface area contributed by atoms with Crippen molar-refractivity contribution in [3.8, 4) is 0 Å². The molecule has 0 aliphatic carbocycles. The van der Waals surface area contributed by atoms with Crippen molar-refractivity contribution in [2.24, 2.45) is 0 Å². The molecule has 14 rings (SSSR count). The summed E-state index contributed by atoms with van der Waals surface area (Å²) in [5, 5.41) is 8.55. The van der Waals surface area contributed by atoms with Crippen LogP contribution < -0.4 is 0 Å². The molecular weight excluding hydrogens is 953 g/mol. The number of rotatable bonds is 0. The van der Waals surface area contributed by atoms with Gasteiger partial charge in [-0.3, -0.25) is 0 Å². The Morgan fingerprint density at radius 2 is 0.805 bits per heavy atom. The minimum absolute atomic E-state index is 0.977. The third-order valence-corrected chi connectivity index (χ3v) is 13.7. The molecule has 0 spiro atoms. The van der Waals surface area contributed by atoms with Crippen molar-refractivity contribution in [2.45, 2.75) is 96.9 Å². The van der Waals surface area contributed by atoms with Crippen LogP contribution in [0.15, 0.2) is 201 Å². The molecule has 7 aromatic carbocycles. The lowest BCUT2D eigenvalue weighted by molar-refractivity contribution is 0.575. The zero-order chi connectivity index (χ0) is 54.9. The molecule has 0 unspecified atom stereocenters. The van der Waals surface area contributed by atoms with Crippen molar-refractivity contribution in [1.82, 2.24) is 0 Å². The number of furan rings is 7. The van der Waals surface area contributed by atoms with Crippen LogP contribution in [-0.2, 0) is 0 Å². The predicted molar refractivity (Wildman–Crippen MR) is 320 cm³/mol. The maximum atomic E-state index is 5.50. The molecule has 0 aliphatic rings. The molecule has 0 atom stereocenters. The quantitative estimate of drug-likeness (QED) is 0.149. The van der Waals surface area contributed by atoms with Gasteiger partial charge in [-0.25, -0.2) is 0 Å². The molecule has 0 N–H and O–H groups in total. The monoisotopic (exact) mass is 1020 g/mol. The fraction of sp³-hybridized carbons (Fsp3) is 0.200. The average Bonchev–Trinajstić information content (AvgIpc) is 4.31. The molecule has 7 aromatic heterocycles. The molecule has 0 saturated heterocycles. The van der Waals surface area contributed by atoms with Gasteiger partial charge in [0.05, 0.1) is 18.8 Å². The Kier molecular flexibility index (Phi) is 17.2. The normalized spacial score (nSPS) is 10.7. The largest absolute Gasteiger partial charge is 0.464 e. The molecule has 14 aromatic rings. The predicted octanol–water partition coefficient (Wildman–Crippen LogP) is 21.3. The second-order valence-corrected chi connectivity index (χ2v) is 20.0. The highest BCUT2D eigenvalue weighted by molar-refractivity contribution is 5.86. The van der Waals surface area contributed by atoms with Crippen LogP contribution in [0.25, 0.3) is 76.8 Å². The number of benzene rings is 7. The van der Waals surface area contributed by atoms with Gasteiger partial charge in [-0.15, -0.1) is 0 Å². The lowest BCUT2D eigenvalue weighted by Gasteiger charge is -1.98. The van der Waals surface area contributed by atoms with Gasteiger partial charge < -0.3 is 30.9 Å². The standard InChI is InChI=1S/7C10H10O/c1-7-3-4-10-9(5-7)8(2)6-11-10;1-7-3-4-10-9(5-7)6-8(2)11-10;1-7-3-4-9-6-8(2)11-10(9)5-7;1-7-3-4-10-9(8(7)2)5-6-11-10;1-7-4-3-5-10-9(7)6-8(2)11-10;1-7-4-3-5-9-10(7)8(2)6-11-9;1-7-8(2)11-10-6-4-3-5-9(7)10/h7*3-6H,1-2H3. The van der Waals surface area contributed by atoms with E-state index in [0.717, 1.165) is 62.1 Å². The van der Waals surface area contributed by atoms with Gasteiger partial charge in [-0.05, 0) is 220 Å². The van der Waals surface area contributed by atoms with E-state index < -0.39 is 0 Å². The summed E-state index contributed by atoms with van der Waals surface area (Å²) in [5.41, 5.74) is 19.6. The highest BCUT2D eigenvalue weighted by Gasteiger charge is 2.06. The van der Waals surface area contributed by atoms with E-state index in [2.05, 4.69) is 154 Å². The summed E-state index contributed by atoms with van der Waals surface area (Å²) in [6.07, 6.45) is 5.33. The lowest BCUT2D eigenvalue weighted by Crippen LogP contribution is -1.78. The molecular formula is C70H70O7. The Labute approximate surface area is 451 Å². The Balaban J connectivity index is 0.000000119. The van der Waals surface area contributed by atoms with Crippen LogP contribution in [0.1, 0.15) is 78.7 Å². The summed E-state index contributed by atoms with van der Waals surface area (Å²) in [6, 6.07) is 51.3. The van der Waals surface area contributed by atoms with E-state index in [9.17, 15) is 0 Å². The van der Waals surface area contributed by atoms with Gasteiger partial charge in [0.1, 0.15) is 62.1 Å². The third kappa shape index (κ3) is 13.4. The van der Waals surface area contributed by atoms with Gasteiger partial charge in [0, 0.05) is 37.7 Å². The smallest absolute Gasteiger partial charge is 0.134 e. The summed E-state index contributed by atoms with van der Waals surface area (Å²) in [5.74, 6) is 3.96. The Bertz CT molecular complexity index is 4120. The zero-order valence-electron chi connectivity index (χ0n) is 47.0. The van der Waals surface area contributed by atoms with Crippen LogP contribution in [-0.4, -0.2) is 0 Å². The van der Waals surface area contributed by atoms with E-state index in [1.54, 1.807) is 18.8 Å². The lowest BCUT2D eigenvalue weighted by atomic mass is 10.1. The maximum Gasteiger partial charge on any atom is 0.134 e. The molecule has 77 heavy (non-hydrogen) atoms.